The Morgan fingerprint density at radius 3 is 2.94 bits per heavy atom. The minimum atomic E-state index is 0.332. The number of unbranched alkanes of at least 4 members (excludes halogenated alkanes) is 1. The first kappa shape index (κ1) is 12.8. The zero-order valence-corrected chi connectivity index (χ0v) is 11.0. The second-order valence-corrected chi connectivity index (χ2v) is 5.62. The molecular weight excluding hydrogens is 212 g/mol. The van der Waals surface area contributed by atoms with E-state index in [4.69, 9.17) is 11.1 Å². The van der Waals surface area contributed by atoms with Crippen molar-refractivity contribution >= 4 is 5.84 Å². The third-order valence-electron chi connectivity index (χ3n) is 4.21. The fraction of sp³-hybridized carbons (Fsp3) is 0.923. The highest BCUT2D eigenvalue weighted by molar-refractivity contribution is 5.76. The van der Waals surface area contributed by atoms with Gasteiger partial charge in [-0.05, 0) is 45.7 Å². The minimum Gasteiger partial charge on any atom is -0.388 e. The number of nitrogens with zero attached hydrogens (tertiary/aromatic N) is 2. The Morgan fingerprint density at radius 1 is 1.35 bits per heavy atom. The lowest BCUT2D eigenvalue weighted by molar-refractivity contribution is 0.0585. The highest BCUT2D eigenvalue weighted by atomic mass is 15.3. The molecule has 17 heavy (non-hydrogen) atoms. The lowest BCUT2D eigenvalue weighted by Gasteiger charge is -2.42. The molecule has 2 aliphatic rings. The van der Waals surface area contributed by atoms with Gasteiger partial charge < -0.3 is 5.73 Å². The predicted octanol–water partition coefficient (Wildman–Crippen LogP) is 1.26. The molecule has 2 atom stereocenters. The van der Waals surface area contributed by atoms with Gasteiger partial charge in [0, 0.05) is 31.6 Å². The molecule has 98 valence electrons. The molecule has 0 radical (unpaired) electrons. The van der Waals surface area contributed by atoms with E-state index in [-0.39, 0.29) is 0 Å². The predicted molar refractivity (Wildman–Crippen MR) is 71.4 cm³/mol. The first-order valence-corrected chi connectivity index (χ1v) is 6.98. The van der Waals surface area contributed by atoms with Crippen LogP contribution >= 0.6 is 0 Å². The number of fused-ring (bicyclic) bond motifs is 1. The molecule has 0 aliphatic carbocycles. The van der Waals surface area contributed by atoms with Crippen LogP contribution in [0.15, 0.2) is 0 Å². The molecule has 2 unspecified atom stereocenters. The summed E-state index contributed by atoms with van der Waals surface area (Å²) in [5, 5.41) is 7.21. The van der Waals surface area contributed by atoms with Crippen LogP contribution in [0.25, 0.3) is 0 Å². The second kappa shape index (κ2) is 5.83. The van der Waals surface area contributed by atoms with Gasteiger partial charge in [-0.2, -0.15) is 0 Å². The van der Waals surface area contributed by atoms with E-state index in [1.165, 1.54) is 45.4 Å². The van der Waals surface area contributed by atoms with Crippen LogP contribution in [0.3, 0.4) is 0 Å². The lowest BCUT2D eigenvalue weighted by atomic mass is 10.1. The van der Waals surface area contributed by atoms with Crippen molar-refractivity contribution < 1.29 is 0 Å². The molecule has 0 aromatic carbocycles. The van der Waals surface area contributed by atoms with Crippen molar-refractivity contribution in [1.82, 2.24) is 9.80 Å². The smallest absolute Gasteiger partial charge is 0.0905 e. The first-order valence-electron chi connectivity index (χ1n) is 6.98. The minimum absolute atomic E-state index is 0.332. The van der Waals surface area contributed by atoms with Gasteiger partial charge in [0.25, 0.3) is 0 Å². The van der Waals surface area contributed by atoms with E-state index in [9.17, 15) is 0 Å². The number of rotatable bonds is 5. The third-order valence-corrected chi connectivity index (χ3v) is 4.21. The van der Waals surface area contributed by atoms with E-state index in [1.54, 1.807) is 0 Å². The number of nitrogens with two attached hydrogens (primary N) is 1. The van der Waals surface area contributed by atoms with Crippen LogP contribution in [0.5, 0.6) is 0 Å². The number of nitrogens with one attached hydrogen (secondary N) is 1. The lowest BCUT2D eigenvalue weighted by Crippen LogP contribution is -2.54. The monoisotopic (exact) mass is 238 g/mol. The van der Waals surface area contributed by atoms with E-state index < -0.39 is 0 Å². The van der Waals surface area contributed by atoms with Gasteiger partial charge in [0.05, 0.1) is 5.84 Å². The van der Waals surface area contributed by atoms with Gasteiger partial charge in [0.2, 0.25) is 0 Å². The van der Waals surface area contributed by atoms with E-state index in [0.29, 0.717) is 11.9 Å². The van der Waals surface area contributed by atoms with Gasteiger partial charge in [0.1, 0.15) is 0 Å². The normalized spacial score (nSPS) is 30.4. The molecule has 0 amide bonds. The Kier molecular flexibility index (Phi) is 4.40. The summed E-state index contributed by atoms with van der Waals surface area (Å²) in [5.74, 6) is 0.332. The Hall–Kier alpha value is -0.610. The summed E-state index contributed by atoms with van der Waals surface area (Å²) in [7, 11) is 0. The molecule has 3 N–H and O–H groups in total. The fourth-order valence-electron chi connectivity index (χ4n) is 3.19. The average Bonchev–Trinajstić information content (AvgIpc) is 2.71. The molecule has 4 nitrogen and oxygen atoms in total. The topological polar surface area (TPSA) is 56.4 Å². The summed E-state index contributed by atoms with van der Waals surface area (Å²) in [6, 6.07) is 1.51. The Bertz CT molecular complexity index is 266. The summed E-state index contributed by atoms with van der Waals surface area (Å²) in [4.78, 5) is 5.29. The zero-order chi connectivity index (χ0) is 12.3. The molecular formula is C13H26N4. The molecule has 0 bridgehead atoms. The molecule has 2 heterocycles. The van der Waals surface area contributed by atoms with E-state index in [2.05, 4.69) is 16.7 Å². The van der Waals surface area contributed by atoms with Crippen LogP contribution in [0.1, 0.15) is 39.0 Å². The van der Waals surface area contributed by atoms with Crippen LogP contribution in [0.2, 0.25) is 0 Å². The molecule has 4 heteroatoms. The molecule has 2 fully saturated rings. The van der Waals surface area contributed by atoms with Gasteiger partial charge in [0.15, 0.2) is 0 Å². The number of hydrogen-bond acceptors (Lipinski definition) is 3. The molecule has 0 aromatic rings. The van der Waals surface area contributed by atoms with Crippen LogP contribution in [0, 0.1) is 5.41 Å². The summed E-state index contributed by atoms with van der Waals surface area (Å²) in [6.45, 7) is 7.34. The van der Waals surface area contributed by atoms with Gasteiger partial charge in [-0.1, -0.05) is 0 Å². The second-order valence-electron chi connectivity index (χ2n) is 5.62. The van der Waals surface area contributed by atoms with Gasteiger partial charge >= 0.3 is 0 Å². The summed E-state index contributed by atoms with van der Waals surface area (Å²) in [5.41, 5.74) is 5.37. The maximum Gasteiger partial charge on any atom is 0.0905 e. The van der Waals surface area contributed by atoms with Crippen molar-refractivity contribution in [3.63, 3.8) is 0 Å². The Labute approximate surface area is 105 Å². The zero-order valence-electron chi connectivity index (χ0n) is 11.0. The fourth-order valence-corrected chi connectivity index (χ4v) is 3.19. The van der Waals surface area contributed by atoms with Crippen molar-refractivity contribution in [2.24, 2.45) is 5.73 Å². The molecule has 0 spiro atoms. The first-order chi connectivity index (χ1) is 8.16. The standard InChI is InChI=1S/C13H26N4/c1-11-9-17-8-4-5-12(17)10-16(11)7-3-2-6-13(14)15/h11-12H,2-10H2,1H3,(H3,14,15). The molecule has 0 saturated carbocycles. The molecule has 0 aromatic heterocycles. The van der Waals surface area contributed by atoms with E-state index in [0.717, 1.165) is 18.9 Å². The maximum absolute atomic E-state index is 7.21. The van der Waals surface area contributed by atoms with Crippen LogP contribution in [-0.4, -0.2) is 53.9 Å². The summed E-state index contributed by atoms with van der Waals surface area (Å²) in [6.07, 6.45) is 5.77. The quantitative estimate of drug-likeness (QED) is 0.431. The molecule has 2 saturated heterocycles. The van der Waals surface area contributed by atoms with Crippen molar-refractivity contribution in [1.29, 1.82) is 5.41 Å². The largest absolute Gasteiger partial charge is 0.388 e. The van der Waals surface area contributed by atoms with Crippen LogP contribution < -0.4 is 5.73 Å². The number of hydrogen-bond donors (Lipinski definition) is 2. The van der Waals surface area contributed by atoms with Gasteiger partial charge in [-0.15, -0.1) is 0 Å². The van der Waals surface area contributed by atoms with Crippen LogP contribution in [-0.2, 0) is 0 Å². The Morgan fingerprint density at radius 2 is 2.18 bits per heavy atom. The van der Waals surface area contributed by atoms with Crippen molar-refractivity contribution in [2.75, 3.05) is 26.2 Å². The highest BCUT2D eigenvalue weighted by Crippen LogP contribution is 2.24. The molecule has 2 rings (SSSR count). The SMILES string of the molecule is CC1CN2CCCC2CN1CCCCC(=N)N. The third kappa shape index (κ3) is 3.42. The van der Waals surface area contributed by atoms with Gasteiger partial charge in [-0.3, -0.25) is 15.2 Å². The average molecular weight is 238 g/mol. The summed E-state index contributed by atoms with van der Waals surface area (Å²) >= 11 is 0. The van der Waals surface area contributed by atoms with Crippen molar-refractivity contribution in [3.05, 3.63) is 0 Å². The molecule has 2 aliphatic heterocycles. The van der Waals surface area contributed by atoms with Crippen LogP contribution in [0.4, 0.5) is 0 Å². The van der Waals surface area contributed by atoms with Gasteiger partial charge in [-0.25, -0.2) is 0 Å². The van der Waals surface area contributed by atoms with Crippen molar-refractivity contribution in [2.45, 2.75) is 51.1 Å². The van der Waals surface area contributed by atoms with Crippen molar-refractivity contribution in [3.8, 4) is 0 Å². The van der Waals surface area contributed by atoms with E-state index >= 15 is 0 Å². The highest BCUT2D eigenvalue weighted by Gasteiger charge is 2.33. The maximum atomic E-state index is 7.21. The number of amidine groups is 1. The summed E-state index contributed by atoms with van der Waals surface area (Å²) < 4.78 is 0. The Balaban J connectivity index is 1.71. The van der Waals surface area contributed by atoms with E-state index in [1.807, 2.05) is 0 Å². The number of piperazine rings is 1.